The fourth-order valence-corrected chi connectivity index (χ4v) is 1.53. The van der Waals surface area contributed by atoms with Crippen LogP contribution in [0.15, 0.2) is 18.2 Å². The Morgan fingerprint density at radius 3 is 3.15 bits per heavy atom. The molecule has 0 radical (unpaired) electrons. The Bertz CT molecular complexity index is 312. The lowest BCUT2D eigenvalue weighted by atomic mass is 10.1. The molecule has 0 aromatic heterocycles. The van der Waals surface area contributed by atoms with Crippen LogP contribution in [0.4, 0.5) is 0 Å². The second-order valence-corrected chi connectivity index (χ2v) is 3.13. The molecule has 3 nitrogen and oxygen atoms in total. The van der Waals surface area contributed by atoms with Gasteiger partial charge in [0.1, 0.15) is 5.75 Å². The molecule has 1 unspecified atom stereocenters. The zero-order chi connectivity index (χ0) is 9.26. The van der Waals surface area contributed by atoms with Gasteiger partial charge < -0.3 is 15.2 Å². The van der Waals surface area contributed by atoms with E-state index in [1.165, 1.54) is 5.56 Å². The van der Waals surface area contributed by atoms with Gasteiger partial charge in [-0.1, -0.05) is 12.1 Å². The van der Waals surface area contributed by atoms with Crippen LogP contribution in [0.1, 0.15) is 11.1 Å². The topological polar surface area (TPSA) is 44.5 Å². The molecular formula is C10H13NO2. The number of hydrogen-bond acceptors (Lipinski definition) is 3. The van der Waals surface area contributed by atoms with Crippen molar-refractivity contribution in [1.29, 1.82) is 0 Å². The van der Waals surface area contributed by atoms with E-state index in [2.05, 4.69) is 6.07 Å². The predicted octanol–water partition coefficient (Wildman–Crippen LogP) is 1.05. The van der Waals surface area contributed by atoms with Gasteiger partial charge in [0.25, 0.3) is 0 Å². The van der Waals surface area contributed by atoms with E-state index in [1.807, 2.05) is 12.1 Å². The Labute approximate surface area is 77.5 Å². The summed E-state index contributed by atoms with van der Waals surface area (Å²) in [6.45, 7) is 0.574. The molecule has 0 spiro atoms. The van der Waals surface area contributed by atoms with Crippen molar-refractivity contribution >= 4 is 0 Å². The van der Waals surface area contributed by atoms with Crippen molar-refractivity contribution < 1.29 is 9.47 Å². The molecule has 1 aliphatic heterocycles. The van der Waals surface area contributed by atoms with Gasteiger partial charge in [0.2, 0.25) is 6.29 Å². The van der Waals surface area contributed by atoms with Crippen LogP contribution < -0.4 is 10.5 Å². The highest BCUT2D eigenvalue weighted by Crippen LogP contribution is 2.29. The lowest BCUT2D eigenvalue weighted by molar-refractivity contribution is -0.0367. The van der Waals surface area contributed by atoms with Gasteiger partial charge in [-0.2, -0.15) is 0 Å². The maximum Gasteiger partial charge on any atom is 0.203 e. The molecule has 0 aliphatic carbocycles. The molecule has 1 aromatic carbocycles. The third kappa shape index (κ3) is 1.53. The third-order valence-electron chi connectivity index (χ3n) is 2.27. The van der Waals surface area contributed by atoms with Crippen molar-refractivity contribution in [3.05, 3.63) is 29.3 Å². The minimum Gasteiger partial charge on any atom is -0.464 e. The Hall–Kier alpha value is -1.06. The standard InChI is InChI=1S/C10H13NO2/c1-12-10-5-8-4-7(6-11)2-3-9(8)13-10/h2-4,10H,5-6,11H2,1H3. The monoisotopic (exact) mass is 179 g/mol. The number of fused-ring (bicyclic) bond motifs is 1. The van der Waals surface area contributed by atoms with Crippen molar-refractivity contribution in [3.8, 4) is 5.75 Å². The van der Waals surface area contributed by atoms with Crippen LogP contribution in [0.25, 0.3) is 0 Å². The molecule has 1 heterocycles. The van der Waals surface area contributed by atoms with Gasteiger partial charge in [0.05, 0.1) is 0 Å². The summed E-state index contributed by atoms with van der Waals surface area (Å²) in [5, 5.41) is 0. The molecule has 1 aliphatic rings. The van der Waals surface area contributed by atoms with Crippen LogP contribution >= 0.6 is 0 Å². The van der Waals surface area contributed by atoms with E-state index in [9.17, 15) is 0 Å². The fraction of sp³-hybridized carbons (Fsp3) is 0.400. The lowest BCUT2D eigenvalue weighted by Crippen LogP contribution is -2.14. The smallest absolute Gasteiger partial charge is 0.203 e. The van der Waals surface area contributed by atoms with E-state index in [0.717, 1.165) is 17.7 Å². The van der Waals surface area contributed by atoms with E-state index in [4.69, 9.17) is 15.2 Å². The molecule has 13 heavy (non-hydrogen) atoms. The summed E-state index contributed by atoms with van der Waals surface area (Å²) in [4.78, 5) is 0. The number of rotatable bonds is 2. The van der Waals surface area contributed by atoms with Gasteiger partial charge in [0.15, 0.2) is 0 Å². The minimum absolute atomic E-state index is 0.122. The van der Waals surface area contributed by atoms with Gasteiger partial charge in [-0.25, -0.2) is 0 Å². The van der Waals surface area contributed by atoms with Crippen molar-refractivity contribution in [2.24, 2.45) is 5.73 Å². The first-order valence-corrected chi connectivity index (χ1v) is 4.35. The van der Waals surface area contributed by atoms with Gasteiger partial charge in [0, 0.05) is 25.6 Å². The first-order chi connectivity index (χ1) is 6.33. The van der Waals surface area contributed by atoms with Crippen molar-refractivity contribution in [1.82, 2.24) is 0 Å². The lowest BCUT2D eigenvalue weighted by Gasteiger charge is -2.06. The fourth-order valence-electron chi connectivity index (χ4n) is 1.53. The van der Waals surface area contributed by atoms with Crippen LogP contribution in [-0.2, 0) is 17.7 Å². The zero-order valence-corrected chi connectivity index (χ0v) is 7.62. The quantitative estimate of drug-likeness (QED) is 0.738. The summed E-state index contributed by atoms with van der Waals surface area (Å²) < 4.78 is 10.6. The molecule has 1 aromatic rings. The molecule has 2 rings (SSSR count). The average Bonchev–Trinajstić information content (AvgIpc) is 2.58. The predicted molar refractivity (Wildman–Crippen MR) is 49.5 cm³/mol. The summed E-state index contributed by atoms with van der Waals surface area (Å²) in [7, 11) is 1.65. The van der Waals surface area contributed by atoms with Gasteiger partial charge in [-0.15, -0.1) is 0 Å². The highest BCUT2D eigenvalue weighted by Gasteiger charge is 2.21. The molecule has 2 N–H and O–H groups in total. The summed E-state index contributed by atoms with van der Waals surface area (Å²) in [5.41, 5.74) is 7.87. The Morgan fingerprint density at radius 2 is 2.46 bits per heavy atom. The average molecular weight is 179 g/mol. The molecular weight excluding hydrogens is 166 g/mol. The van der Waals surface area contributed by atoms with E-state index in [-0.39, 0.29) is 6.29 Å². The van der Waals surface area contributed by atoms with Crippen molar-refractivity contribution in [2.75, 3.05) is 7.11 Å². The number of benzene rings is 1. The number of hydrogen-bond donors (Lipinski definition) is 1. The third-order valence-corrected chi connectivity index (χ3v) is 2.27. The second-order valence-electron chi connectivity index (χ2n) is 3.13. The summed E-state index contributed by atoms with van der Waals surface area (Å²) in [6, 6.07) is 6.02. The summed E-state index contributed by atoms with van der Waals surface area (Å²) in [6.07, 6.45) is 0.697. The van der Waals surface area contributed by atoms with Crippen LogP contribution in [0, 0.1) is 0 Å². The highest BCUT2D eigenvalue weighted by molar-refractivity contribution is 5.40. The van der Waals surface area contributed by atoms with E-state index in [0.29, 0.717) is 6.54 Å². The molecule has 0 amide bonds. The molecule has 0 bridgehead atoms. The van der Waals surface area contributed by atoms with Crippen molar-refractivity contribution in [2.45, 2.75) is 19.3 Å². The number of nitrogens with two attached hydrogens (primary N) is 1. The Morgan fingerprint density at radius 1 is 1.62 bits per heavy atom. The number of methoxy groups -OCH3 is 1. The van der Waals surface area contributed by atoms with Gasteiger partial charge in [-0.3, -0.25) is 0 Å². The maximum atomic E-state index is 5.54. The minimum atomic E-state index is -0.122. The second kappa shape index (κ2) is 3.36. The zero-order valence-electron chi connectivity index (χ0n) is 7.62. The Balaban J connectivity index is 2.25. The molecule has 70 valence electrons. The van der Waals surface area contributed by atoms with E-state index in [1.54, 1.807) is 7.11 Å². The van der Waals surface area contributed by atoms with Crippen LogP contribution in [-0.4, -0.2) is 13.4 Å². The van der Waals surface area contributed by atoms with Crippen LogP contribution in [0.2, 0.25) is 0 Å². The van der Waals surface area contributed by atoms with E-state index >= 15 is 0 Å². The van der Waals surface area contributed by atoms with Gasteiger partial charge in [-0.05, 0) is 11.6 Å². The molecule has 3 heteroatoms. The van der Waals surface area contributed by atoms with Crippen LogP contribution in [0.3, 0.4) is 0 Å². The molecule has 0 saturated carbocycles. The number of ether oxygens (including phenoxy) is 2. The molecule has 0 fully saturated rings. The first kappa shape index (κ1) is 8.53. The Kier molecular flexibility index (Phi) is 2.20. The van der Waals surface area contributed by atoms with Gasteiger partial charge >= 0.3 is 0 Å². The highest BCUT2D eigenvalue weighted by atomic mass is 16.7. The SMILES string of the molecule is COC1Cc2cc(CN)ccc2O1. The molecule has 0 saturated heterocycles. The summed E-state index contributed by atoms with van der Waals surface area (Å²) in [5.74, 6) is 0.920. The first-order valence-electron chi connectivity index (χ1n) is 4.35. The van der Waals surface area contributed by atoms with E-state index < -0.39 is 0 Å². The summed E-state index contributed by atoms with van der Waals surface area (Å²) >= 11 is 0. The van der Waals surface area contributed by atoms with Crippen LogP contribution in [0.5, 0.6) is 5.75 Å². The normalized spacial score (nSPS) is 19.7. The maximum absolute atomic E-state index is 5.54. The largest absolute Gasteiger partial charge is 0.464 e. The van der Waals surface area contributed by atoms with Crippen molar-refractivity contribution in [3.63, 3.8) is 0 Å². The molecule has 1 atom stereocenters.